The standard InChI is InChI=1S/C16H19BrN2O/c1-18-15-6-3-12(4-7-15)10-19-11-13-9-14(17)5-8-16(13)20-2/h3-9,18-19H,10-11H2,1-2H3. The van der Waals surface area contributed by atoms with Crippen LogP contribution in [0.1, 0.15) is 11.1 Å². The van der Waals surface area contributed by atoms with Crippen molar-refractivity contribution >= 4 is 21.6 Å². The number of hydrogen-bond donors (Lipinski definition) is 2. The number of ether oxygens (including phenoxy) is 1. The Hall–Kier alpha value is -1.52. The van der Waals surface area contributed by atoms with Crippen molar-refractivity contribution in [2.24, 2.45) is 0 Å². The summed E-state index contributed by atoms with van der Waals surface area (Å²) in [5.74, 6) is 0.909. The first kappa shape index (κ1) is 14.9. The third-order valence-corrected chi connectivity index (χ3v) is 3.62. The quantitative estimate of drug-likeness (QED) is 0.843. The average molecular weight is 335 g/mol. The molecule has 0 saturated heterocycles. The molecule has 2 aromatic carbocycles. The van der Waals surface area contributed by atoms with Crippen LogP contribution in [0.4, 0.5) is 5.69 Å². The summed E-state index contributed by atoms with van der Waals surface area (Å²) >= 11 is 3.49. The summed E-state index contributed by atoms with van der Waals surface area (Å²) in [4.78, 5) is 0. The zero-order valence-electron chi connectivity index (χ0n) is 11.7. The van der Waals surface area contributed by atoms with Gasteiger partial charge in [0.25, 0.3) is 0 Å². The van der Waals surface area contributed by atoms with Crippen LogP contribution >= 0.6 is 15.9 Å². The SMILES string of the molecule is CNc1ccc(CNCc2cc(Br)ccc2OC)cc1. The molecule has 0 aliphatic rings. The van der Waals surface area contributed by atoms with Crippen molar-refractivity contribution in [3.63, 3.8) is 0 Å². The van der Waals surface area contributed by atoms with Crippen LogP contribution < -0.4 is 15.4 Å². The Morgan fingerprint density at radius 2 is 1.80 bits per heavy atom. The topological polar surface area (TPSA) is 33.3 Å². The molecule has 0 heterocycles. The maximum atomic E-state index is 5.36. The van der Waals surface area contributed by atoms with E-state index in [1.807, 2.05) is 19.2 Å². The first-order valence-corrected chi connectivity index (χ1v) is 7.32. The van der Waals surface area contributed by atoms with Gasteiger partial charge in [0.05, 0.1) is 7.11 Å². The first-order valence-electron chi connectivity index (χ1n) is 6.52. The van der Waals surface area contributed by atoms with Gasteiger partial charge >= 0.3 is 0 Å². The maximum absolute atomic E-state index is 5.36. The van der Waals surface area contributed by atoms with Gasteiger partial charge in [0, 0.05) is 35.9 Å². The molecule has 0 atom stereocenters. The van der Waals surface area contributed by atoms with Crippen molar-refractivity contribution in [2.45, 2.75) is 13.1 Å². The fourth-order valence-corrected chi connectivity index (χ4v) is 2.42. The summed E-state index contributed by atoms with van der Waals surface area (Å²) in [7, 11) is 3.62. The summed E-state index contributed by atoms with van der Waals surface area (Å²) in [5, 5.41) is 6.55. The highest BCUT2D eigenvalue weighted by molar-refractivity contribution is 9.10. The Morgan fingerprint density at radius 1 is 1.05 bits per heavy atom. The third kappa shape index (κ3) is 3.99. The Labute approximate surface area is 128 Å². The predicted molar refractivity (Wildman–Crippen MR) is 87.2 cm³/mol. The van der Waals surface area contributed by atoms with Crippen LogP contribution in [0.25, 0.3) is 0 Å². The van der Waals surface area contributed by atoms with Crippen molar-refractivity contribution in [1.29, 1.82) is 0 Å². The van der Waals surface area contributed by atoms with Crippen LogP contribution in [0.3, 0.4) is 0 Å². The summed E-state index contributed by atoms with van der Waals surface area (Å²) in [6.07, 6.45) is 0. The zero-order chi connectivity index (χ0) is 14.4. The van der Waals surface area contributed by atoms with E-state index in [1.165, 1.54) is 5.56 Å². The van der Waals surface area contributed by atoms with Crippen LogP contribution in [0.5, 0.6) is 5.75 Å². The molecule has 3 nitrogen and oxygen atoms in total. The van der Waals surface area contributed by atoms with E-state index in [-0.39, 0.29) is 0 Å². The highest BCUT2D eigenvalue weighted by Crippen LogP contribution is 2.22. The highest BCUT2D eigenvalue weighted by Gasteiger charge is 2.03. The molecule has 4 heteroatoms. The molecule has 0 aliphatic heterocycles. The predicted octanol–water partition coefficient (Wildman–Crippen LogP) is 3.79. The number of rotatable bonds is 6. The van der Waals surface area contributed by atoms with Gasteiger partial charge in [-0.15, -0.1) is 0 Å². The Kier molecular flexibility index (Phi) is 5.44. The minimum absolute atomic E-state index is 0.774. The second kappa shape index (κ2) is 7.31. The smallest absolute Gasteiger partial charge is 0.123 e. The van der Waals surface area contributed by atoms with Gasteiger partial charge in [-0.25, -0.2) is 0 Å². The monoisotopic (exact) mass is 334 g/mol. The zero-order valence-corrected chi connectivity index (χ0v) is 13.3. The molecule has 0 bridgehead atoms. The van der Waals surface area contributed by atoms with E-state index in [2.05, 4.69) is 56.9 Å². The van der Waals surface area contributed by atoms with Crippen molar-refractivity contribution in [3.8, 4) is 5.75 Å². The summed E-state index contributed by atoms with van der Waals surface area (Å²) in [6, 6.07) is 14.4. The Bertz CT molecular complexity index is 555. The van der Waals surface area contributed by atoms with Crippen molar-refractivity contribution in [1.82, 2.24) is 5.32 Å². The van der Waals surface area contributed by atoms with Crippen LogP contribution in [0.15, 0.2) is 46.9 Å². The van der Waals surface area contributed by atoms with Gasteiger partial charge in [-0.1, -0.05) is 28.1 Å². The second-order valence-corrected chi connectivity index (χ2v) is 5.42. The molecule has 106 valence electrons. The third-order valence-electron chi connectivity index (χ3n) is 3.13. The van der Waals surface area contributed by atoms with E-state index in [9.17, 15) is 0 Å². The van der Waals surface area contributed by atoms with Gasteiger partial charge in [0.15, 0.2) is 0 Å². The van der Waals surface area contributed by atoms with Gasteiger partial charge in [-0.3, -0.25) is 0 Å². The van der Waals surface area contributed by atoms with Gasteiger partial charge in [-0.05, 0) is 35.9 Å². The molecule has 0 saturated carbocycles. The molecule has 0 aromatic heterocycles. The number of hydrogen-bond acceptors (Lipinski definition) is 3. The number of nitrogens with one attached hydrogen (secondary N) is 2. The minimum Gasteiger partial charge on any atom is -0.496 e. The number of halogens is 1. The fourth-order valence-electron chi connectivity index (χ4n) is 2.02. The van der Waals surface area contributed by atoms with Crippen LogP contribution in [0.2, 0.25) is 0 Å². The van der Waals surface area contributed by atoms with Crippen LogP contribution in [-0.2, 0) is 13.1 Å². The molecule has 2 N–H and O–H groups in total. The molecule has 0 unspecified atom stereocenters. The number of anilines is 1. The second-order valence-electron chi connectivity index (χ2n) is 4.51. The average Bonchev–Trinajstić information content (AvgIpc) is 2.48. The van der Waals surface area contributed by atoms with Crippen molar-refractivity contribution < 1.29 is 4.74 Å². The molecule has 0 radical (unpaired) electrons. The van der Waals surface area contributed by atoms with E-state index in [0.29, 0.717) is 0 Å². The fraction of sp³-hybridized carbons (Fsp3) is 0.250. The molecule has 20 heavy (non-hydrogen) atoms. The van der Waals surface area contributed by atoms with E-state index in [4.69, 9.17) is 4.74 Å². The maximum Gasteiger partial charge on any atom is 0.123 e. The normalized spacial score (nSPS) is 10.3. The molecule has 0 aliphatic carbocycles. The van der Waals surface area contributed by atoms with Gasteiger partial charge in [0.2, 0.25) is 0 Å². The summed E-state index contributed by atoms with van der Waals surface area (Å²) < 4.78 is 6.43. The van der Waals surface area contributed by atoms with E-state index < -0.39 is 0 Å². The van der Waals surface area contributed by atoms with Crippen LogP contribution in [-0.4, -0.2) is 14.2 Å². The molecule has 0 fully saturated rings. The lowest BCUT2D eigenvalue weighted by molar-refractivity contribution is 0.407. The van der Waals surface area contributed by atoms with Gasteiger partial charge in [0.1, 0.15) is 5.75 Å². The van der Waals surface area contributed by atoms with Crippen molar-refractivity contribution in [2.75, 3.05) is 19.5 Å². The lowest BCUT2D eigenvalue weighted by atomic mass is 10.1. The van der Waals surface area contributed by atoms with E-state index >= 15 is 0 Å². The van der Waals surface area contributed by atoms with Crippen molar-refractivity contribution in [3.05, 3.63) is 58.1 Å². The van der Waals surface area contributed by atoms with Gasteiger partial charge < -0.3 is 15.4 Å². The molecule has 0 spiro atoms. The lowest BCUT2D eigenvalue weighted by Gasteiger charge is -2.10. The molecule has 2 aromatic rings. The van der Waals surface area contributed by atoms with E-state index in [0.717, 1.165) is 34.6 Å². The van der Waals surface area contributed by atoms with Crippen LogP contribution in [0, 0.1) is 0 Å². The summed E-state index contributed by atoms with van der Waals surface area (Å²) in [6.45, 7) is 1.61. The highest BCUT2D eigenvalue weighted by atomic mass is 79.9. The molecule has 2 rings (SSSR count). The number of benzene rings is 2. The molecule has 0 amide bonds. The minimum atomic E-state index is 0.774. The Morgan fingerprint density at radius 3 is 2.45 bits per heavy atom. The largest absolute Gasteiger partial charge is 0.496 e. The van der Waals surface area contributed by atoms with Gasteiger partial charge in [-0.2, -0.15) is 0 Å². The lowest BCUT2D eigenvalue weighted by Crippen LogP contribution is -2.13. The van der Waals surface area contributed by atoms with E-state index in [1.54, 1.807) is 7.11 Å². The Balaban J connectivity index is 1.93. The molecular weight excluding hydrogens is 316 g/mol. The summed E-state index contributed by atoms with van der Waals surface area (Å²) in [5.41, 5.74) is 3.54. The first-order chi connectivity index (χ1) is 9.72. The molecular formula is C16H19BrN2O. The number of methoxy groups -OCH3 is 1.